The maximum Gasteiger partial charge on any atom is 0.216 e. The van der Waals surface area contributed by atoms with Crippen LogP contribution in [0.4, 0.5) is 0 Å². The zero-order chi connectivity index (χ0) is 17.7. The first-order valence-electron chi connectivity index (χ1n) is 7.48. The number of nitrogens with one attached hydrogen (secondary N) is 1. The van der Waals surface area contributed by atoms with Crippen molar-refractivity contribution in [3.05, 3.63) is 57.0 Å². The first-order chi connectivity index (χ1) is 11.3. The standard InChI is InChI=1S/C18H19Br2NO3/c1-12(22)21-10-9-18(2,23)13-3-6-15(7-4-13)24-17-8-5-14(19)11-16(17)20/h3-8,11,23H,9-10H2,1-2H3,(H,21,22). The summed E-state index contributed by atoms with van der Waals surface area (Å²) in [7, 11) is 0. The van der Waals surface area contributed by atoms with Crippen molar-refractivity contribution in [2.75, 3.05) is 6.54 Å². The van der Waals surface area contributed by atoms with Crippen molar-refractivity contribution in [3.63, 3.8) is 0 Å². The van der Waals surface area contributed by atoms with Crippen molar-refractivity contribution < 1.29 is 14.6 Å². The minimum atomic E-state index is -1.01. The number of ether oxygens (including phenoxy) is 1. The highest BCUT2D eigenvalue weighted by molar-refractivity contribution is 9.11. The SMILES string of the molecule is CC(=O)NCCC(C)(O)c1ccc(Oc2ccc(Br)cc2Br)cc1. The first-order valence-corrected chi connectivity index (χ1v) is 9.07. The van der Waals surface area contributed by atoms with Crippen LogP contribution in [0.25, 0.3) is 0 Å². The highest BCUT2D eigenvalue weighted by Gasteiger charge is 2.22. The van der Waals surface area contributed by atoms with Gasteiger partial charge in [-0.2, -0.15) is 0 Å². The van der Waals surface area contributed by atoms with E-state index in [-0.39, 0.29) is 5.91 Å². The van der Waals surface area contributed by atoms with Crippen LogP contribution in [0.1, 0.15) is 25.8 Å². The molecule has 0 radical (unpaired) electrons. The van der Waals surface area contributed by atoms with Gasteiger partial charge in [0.2, 0.25) is 5.91 Å². The topological polar surface area (TPSA) is 58.6 Å². The second-order valence-corrected chi connectivity index (χ2v) is 7.48. The van der Waals surface area contributed by atoms with Gasteiger partial charge in [-0.15, -0.1) is 0 Å². The predicted molar refractivity (Wildman–Crippen MR) is 101 cm³/mol. The molecule has 0 bridgehead atoms. The number of carbonyl (C=O) groups excluding carboxylic acids is 1. The normalized spacial score (nSPS) is 13.2. The van der Waals surface area contributed by atoms with Gasteiger partial charge in [0.15, 0.2) is 0 Å². The lowest BCUT2D eigenvalue weighted by Gasteiger charge is -2.24. The molecule has 0 aliphatic heterocycles. The third-order valence-corrected chi connectivity index (χ3v) is 4.70. The maximum atomic E-state index is 10.9. The van der Waals surface area contributed by atoms with Crippen LogP contribution in [0.2, 0.25) is 0 Å². The van der Waals surface area contributed by atoms with E-state index in [0.29, 0.717) is 24.5 Å². The molecule has 2 N–H and O–H groups in total. The summed E-state index contributed by atoms with van der Waals surface area (Å²) >= 11 is 6.86. The highest BCUT2D eigenvalue weighted by Crippen LogP contribution is 2.33. The Hall–Kier alpha value is -1.37. The Bertz CT molecular complexity index is 715. The van der Waals surface area contributed by atoms with Crippen molar-refractivity contribution in [3.8, 4) is 11.5 Å². The lowest BCUT2D eigenvalue weighted by molar-refractivity contribution is -0.119. The summed E-state index contributed by atoms with van der Waals surface area (Å²) in [6, 6.07) is 13.0. The van der Waals surface area contributed by atoms with E-state index in [0.717, 1.165) is 14.5 Å². The van der Waals surface area contributed by atoms with Gasteiger partial charge < -0.3 is 15.2 Å². The summed E-state index contributed by atoms with van der Waals surface area (Å²) in [5.41, 5.74) is -0.241. The minimum absolute atomic E-state index is 0.102. The first kappa shape index (κ1) is 19.0. The lowest BCUT2D eigenvalue weighted by Crippen LogP contribution is -2.29. The fraction of sp³-hybridized carbons (Fsp3) is 0.278. The number of rotatable bonds is 6. The number of hydrogen-bond donors (Lipinski definition) is 2. The number of carbonyl (C=O) groups is 1. The van der Waals surface area contributed by atoms with Crippen LogP contribution in [0.15, 0.2) is 51.4 Å². The molecule has 4 nitrogen and oxygen atoms in total. The molecular formula is C18H19Br2NO3. The average molecular weight is 457 g/mol. The van der Waals surface area contributed by atoms with E-state index >= 15 is 0 Å². The van der Waals surface area contributed by atoms with Crippen LogP contribution in [-0.2, 0) is 10.4 Å². The Morgan fingerprint density at radius 3 is 2.46 bits per heavy atom. The molecule has 0 fully saturated rings. The van der Waals surface area contributed by atoms with Gasteiger partial charge in [0.25, 0.3) is 0 Å². The van der Waals surface area contributed by atoms with Crippen LogP contribution in [-0.4, -0.2) is 17.6 Å². The van der Waals surface area contributed by atoms with Crippen LogP contribution in [0, 0.1) is 0 Å². The van der Waals surface area contributed by atoms with E-state index in [1.807, 2.05) is 42.5 Å². The summed E-state index contributed by atoms with van der Waals surface area (Å²) in [6.07, 6.45) is 0.436. The highest BCUT2D eigenvalue weighted by atomic mass is 79.9. The van der Waals surface area contributed by atoms with Gasteiger partial charge in [0, 0.05) is 17.9 Å². The Labute approximate surface area is 158 Å². The molecule has 1 amide bonds. The quantitative estimate of drug-likeness (QED) is 0.660. The maximum absolute atomic E-state index is 10.9. The van der Waals surface area contributed by atoms with E-state index < -0.39 is 5.60 Å². The molecule has 1 unspecified atom stereocenters. The van der Waals surface area contributed by atoms with Gasteiger partial charge in [0.1, 0.15) is 11.5 Å². The Morgan fingerprint density at radius 2 is 1.88 bits per heavy atom. The van der Waals surface area contributed by atoms with Crippen LogP contribution in [0.5, 0.6) is 11.5 Å². The number of amides is 1. The molecule has 0 aromatic heterocycles. The minimum Gasteiger partial charge on any atom is -0.456 e. The van der Waals surface area contributed by atoms with Gasteiger partial charge in [-0.05, 0) is 65.2 Å². The largest absolute Gasteiger partial charge is 0.456 e. The fourth-order valence-corrected chi connectivity index (χ4v) is 3.32. The van der Waals surface area contributed by atoms with Crippen molar-refractivity contribution in [2.45, 2.75) is 25.9 Å². The second kappa shape index (κ2) is 8.14. The van der Waals surface area contributed by atoms with Crippen molar-refractivity contribution in [1.82, 2.24) is 5.32 Å². The van der Waals surface area contributed by atoms with E-state index in [9.17, 15) is 9.90 Å². The number of halogens is 2. The van der Waals surface area contributed by atoms with E-state index in [2.05, 4.69) is 37.2 Å². The Balaban J connectivity index is 2.05. The Kier molecular flexibility index (Phi) is 6.43. The smallest absolute Gasteiger partial charge is 0.216 e. The van der Waals surface area contributed by atoms with Crippen LogP contribution in [0.3, 0.4) is 0 Å². The van der Waals surface area contributed by atoms with Crippen LogP contribution < -0.4 is 10.1 Å². The summed E-state index contributed by atoms with van der Waals surface area (Å²) in [4.78, 5) is 10.9. The van der Waals surface area contributed by atoms with Gasteiger partial charge >= 0.3 is 0 Å². The molecule has 0 saturated heterocycles. The molecule has 0 heterocycles. The third-order valence-electron chi connectivity index (χ3n) is 3.58. The molecule has 1 atom stereocenters. The molecule has 0 aliphatic rings. The van der Waals surface area contributed by atoms with Crippen LogP contribution >= 0.6 is 31.9 Å². The fourth-order valence-electron chi connectivity index (χ4n) is 2.19. The molecule has 128 valence electrons. The zero-order valence-electron chi connectivity index (χ0n) is 13.5. The molecule has 6 heteroatoms. The van der Waals surface area contributed by atoms with E-state index in [1.54, 1.807) is 6.92 Å². The summed E-state index contributed by atoms with van der Waals surface area (Å²) in [5.74, 6) is 1.29. The number of benzene rings is 2. The monoisotopic (exact) mass is 455 g/mol. The number of aliphatic hydroxyl groups is 1. The Morgan fingerprint density at radius 1 is 1.21 bits per heavy atom. The van der Waals surface area contributed by atoms with E-state index in [4.69, 9.17) is 4.74 Å². The average Bonchev–Trinajstić information content (AvgIpc) is 2.50. The molecule has 0 saturated carbocycles. The lowest BCUT2D eigenvalue weighted by atomic mass is 9.92. The van der Waals surface area contributed by atoms with Crippen molar-refractivity contribution >= 4 is 37.8 Å². The van der Waals surface area contributed by atoms with E-state index in [1.165, 1.54) is 6.92 Å². The molecule has 2 aromatic rings. The summed E-state index contributed by atoms with van der Waals surface area (Å²) in [5, 5.41) is 13.2. The molecule has 2 rings (SSSR count). The summed E-state index contributed by atoms with van der Waals surface area (Å²) < 4.78 is 7.65. The third kappa shape index (κ3) is 5.33. The van der Waals surface area contributed by atoms with Gasteiger partial charge in [-0.25, -0.2) is 0 Å². The molecule has 0 aliphatic carbocycles. The van der Waals surface area contributed by atoms with Gasteiger partial charge in [-0.1, -0.05) is 28.1 Å². The van der Waals surface area contributed by atoms with Crippen molar-refractivity contribution in [2.24, 2.45) is 0 Å². The number of hydrogen-bond acceptors (Lipinski definition) is 3. The predicted octanol–water partition coefficient (Wildman–Crippen LogP) is 4.74. The molecule has 2 aromatic carbocycles. The zero-order valence-corrected chi connectivity index (χ0v) is 16.6. The molecule has 0 spiro atoms. The van der Waals surface area contributed by atoms with Gasteiger partial charge in [-0.3, -0.25) is 4.79 Å². The summed E-state index contributed by atoms with van der Waals surface area (Å²) in [6.45, 7) is 3.61. The molecular weight excluding hydrogens is 438 g/mol. The second-order valence-electron chi connectivity index (χ2n) is 5.71. The van der Waals surface area contributed by atoms with Gasteiger partial charge in [0.05, 0.1) is 10.1 Å². The van der Waals surface area contributed by atoms with Crippen molar-refractivity contribution in [1.29, 1.82) is 0 Å². The molecule has 24 heavy (non-hydrogen) atoms.